The third-order valence-corrected chi connectivity index (χ3v) is 4.60. The molecular formula is C14H25ClN2O2S. The number of aryl methyl sites for hydroxylation is 2. The van der Waals surface area contributed by atoms with E-state index < -0.39 is 10.0 Å². The third-order valence-electron chi connectivity index (χ3n) is 3.14. The molecule has 0 aliphatic carbocycles. The number of nitrogens with one attached hydrogen (secondary N) is 1. The summed E-state index contributed by atoms with van der Waals surface area (Å²) in [5, 5.41) is 0. The van der Waals surface area contributed by atoms with Crippen LogP contribution in [-0.4, -0.2) is 21.0 Å². The lowest BCUT2D eigenvalue weighted by Gasteiger charge is -2.11. The molecule has 1 unspecified atom stereocenters. The van der Waals surface area contributed by atoms with E-state index in [0.29, 0.717) is 17.9 Å². The summed E-state index contributed by atoms with van der Waals surface area (Å²) in [7, 11) is -3.42. The Morgan fingerprint density at radius 1 is 1.20 bits per heavy atom. The summed E-state index contributed by atoms with van der Waals surface area (Å²) in [6.07, 6.45) is 2.39. The monoisotopic (exact) mass is 320 g/mol. The Morgan fingerprint density at radius 3 is 2.30 bits per heavy atom. The average Bonchev–Trinajstić information content (AvgIpc) is 2.37. The zero-order valence-electron chi connectivity index (χ0n) is 12.3. The van der Waals surface area contributed by atoms with Crippen molar-refractivity contribution in [3.05, 3.63) is 29.3 Å². The highest BCUT2D eigenvalue weighted by molar-refractivity contribution is 7.89. The number of nitrogens with two attached hydrogens (primary N) is 1. The Kier molecular flexibility index (Phi) is 8.35. The molecule has 0 spiro atoms. The molecule has 20 heavy (non-hydrogen) atoms. The second kappa shape index (κ2) is 8.62. The van der Waals surface area contributed by atoms with Crippen LogP contribution in [0.4, 0.5) is 0 Å². The van der Waals surface area contributed by atoms with Crippen molar-refractivity contribution < 1.29 is 8.42 Å². The molecule has 0 aliphatic rings. The van der Waals surface area contributed by atoms with E-state index in [1.54, 1.807) is 12.1 Å². The van der Waals surface area contributed by atoms with Crippen molar-refractivity contribution in [2.75, 3.05) is 6.54 Å². The van der Waals surface area contributed by atoms with Crippen molar-refractivity contribution in [3.8, 4) is 0 Å². The second-order valence-electron chi connectivity index (χ2n) is 4.80. The van der Waals surface area contributed by atoms with E-state index in [1.807, 2.05) is 19.9 Å². The summed E-state index contributed by atoms with van der Waals surface area (Å²) in [4.78, 5) is 0.339. The molecule has 1 aromatic rings. The summed E-state index contributed by atoms with van der Waals surface area (Å²) < 4.78 is 26.8. The van der Waals surface area contributed by atoms with Gasteiger partial charge in [0.25, 0.3) is 0 Å². The SMILES string of the molecule is CCc1ccc(S(=O)(=O)NCCC(C)N)cc1CC.Cl. The zero-order valence-corrected chi connectivity index (χ0v) is 14.0. The highest BCUT2D eigenvalue weighted by Gasteiger charge is 2.15. The van der Waals surface area contributed by atoms with Crippen LogP contribution in [0.2, 0.25) is 0 Å². The van der Waals surface area contributed by atoms with Crippen LogP contribution in [0.3, 0.4) is 0 Å². The lowest BCUT2D eigenvalue weighted by Crippen LogP contribution is -2.29. The van der Waals surface area contributed by atoms with Crippen molar-refractivity contribution >= 4 is 22.4 Å². The summed E-state index contributed by atoms with van der Waals surface area (Å²) >= 11 is 0. The highest BCUT2D eigenvalue weighted by Crippen LogP contribution is 2.17. The number of sulfonamides is 1. The van der Waals surface area contributed by atoms with E-state index in [1.165, 1.54) is 5.56 Å². The normalized spacial score (nSPS) is 12.8. The van der Waals surface area contributed by atoms with Crippen LogP contribution in [0.25, 0.3) is 0 Å². The van der Waals surface area contributed by atoms with Crippen molar-refractivity contribution in [1.82, 2.24) is 4.72 Å². The second-order valence-corrected chi connectivity index (χ2v) is 6.57. The quantitative estimate of drug-likeness (QED) is 0.809. The predicted octanol–water partition coefficient (Wildman–Crippen LogP) is 2.25. The van der Waals surface area contributed by atoms with E-state index in [9.17, 15) is 8.42 Å². The van der Waals surface area contributed by atoms with Crippen LogP contribution in [-0.2, 0) is 22.9 Å². The van der Waals surface area contributed by atoms with E-state index in [2.05, 4.69) is 11.6 Å². The first-order chi connectivity index (χ1) is 8.90. The van der Waals surface area contributed by atoms with E-state index >= 15 is 0 Å². The maximum Gasteiger partial charge on any atom is 0.240 e. The van der Waals surface area contributed by atoms with Gasteiger partial charge >= 0.3 is 0 Å². The molecular weight excluding hydrogens is 296 g/mol. The van der Waals surface area contributed by atoms with Gasteiger partial charge in [0.1, 0.15) is 0 Å². The number of rotatable bonds is 7. The van der Waals surface area contributed by atoms with Gasteiger partial charge in [-0.15, -0.1) is 12.4 Å². The van der Waals surface area contributed by atoms with Gasteiger partial charge in [-0.2, -0.15) is 0 Å². The van der Waals surface area contributed by atoms with Gasteiger partial charge in [-0.1, -0.05) is 19.9 Å². The maximum atomic E-state index is 12.1. The van der Waals surface area contributed by atoms with Gasteiger partial charge in [-0.25, -0.2) is 13.1 Å². The molecule has 1 aromatic carbocycles. The molecule has 0 saturated heterocycles. The summed E-state index contributed by atoms with van der Waals surface area (Å²) in [6.45, 7) is 6.34. The van der Waals surface area contributed by atoms with Crippen LogP contribution in [0.1, 0.15) is 38.3 Å². The average molecular weight is 321 g/mol. The largest absolute Gasteiger partial charge is 0.328 e. The number of hydrogen-bond donors (Lipinski definition) is 2. The van der Waals surface area contributed by atoms with Crippen LogP contribution < -0.4 is 10.5 Å². The summed E-state index contributed by atoms with van der Waals surface area (Å²) in [5.74, 6) is 0. The van der Waals surface area contributed by atoms with Crippen LogP contribution in [0, 0.1) is 0 Å². The first-order valence-corrected chi connectivity index (χ1v) is 8.26. The number of hydrogen-bond acceptors (Lipinski definition) is 3. The third kappa shape index (κ3) is 5.40. The lowest BCUT2D eigenvalue weighted by atomic mass is 10.0. The van der Waals surface area contributed by atoms with Crippen molar-refractivity contribution in [1.29, 1.82) is 0 Å². The molecule has 0 amide bonds. The van der Waals surface area contributed by atoms with E-state index in [4.69, 9.17) is 5.73 Å². The van der Waals surface area contributed by atoms with Gasteiger partial charge in [0.2, 0.25) is 10.0 Å². The van der Waals surface area contributed by atoms with Crippen molar-refractivity contribution in [2.45, 2.75) is 51.0 Å². The lowest BCUT2D eigenvalue weighted by molar-refractivity contribution is 0.571. The molecule has 3 N–H and O–H groups in total. The van der Waals surface area contributed by atoms with E-state index in [0.717, 1.165) is 18.4 Å². The highest BCUT2D eigenvalue weighted by atomic mass is 35.5. The minimum absolute atomic E-state index is 0. The van der Waals surface area contributed by atoms with Crippen molar-refractivity contribution in [2.24, 2.45) is 5.73 Å². The van der Waals surface area contributed by atoms with Crippen LogP contribution in [0.15, 0.2) is 23.1 Å². The molecule has 4 nitrogen and oxygen atoms in total. The Bertz CT molecular complexity index is 516. The molecule has 0 fully saturated rings. The minimum Gasteiger partial charge on any atom is -0.328 e. The Morgan fingerprint density at radius 2 is 1.80 bits per heavy atom. The smallest absolute Gasteiger partial charge is 0.240 e. The standard InChI is InChI=1S/C14H24N2O2S.ClH/c1-4-12-6-7-14(10-13(12)5-2)19(17,18)16-9-8-11(3)15;/h6-7,10-11,16H,4-5,8-9,15H2,1-3H3;1H. The van der Waals surface area contributed by atoms with Gasteiger partial charge in [0, 0.05) is 12.6 Å². The number of halogens is 1. The first-order valence-electron chi connectivity index (χ1n) is 6.77. The van der Waals surface area contributed by atoms with Gasteiger partial charge in [-0.3, -0.25) is 0 Å². The molecule has 0 bridgehead atoms. The Labute approximate surface area is 128 Å². The molecule has 0 aliphatic heterocycles. The molecule has 0 radical (unpaired) electrons. The fraction of sp³-hybridized carbons (Fsp3) is 0.571. The first kappa shape index (κ1) is 19.4. The maximum absolute atomic E-state index is 12.1. The van der Waals surface area contributed by atoms with Gasteiger partial charge < -0.3 is 5.73 Å². The van der Waals surface area contributed by atoms with Gasteiger partial charge in [-0.05, 0) is 49.4 Å². The van der Waals surface area contributed by atoms with Crippen LogP contribution in [0.5, 0.6) is 0 Å². The van der Waals surface area contributed by atoms with E-state index in [-0.39, 0.29) is 18.4 Å². The molecule has 0 heterocycles. The topological polar surface area (TPSA) is 72.2 Å². The molecule has 1 atom stereocenters. The fourth-order valence-corrected chi connectivity index (χ4v) is 3.05. The molecule has 6 heteroatoms. The molecule has 0 aromatic heterocycles. The zero-order chi connectivity index (χ0) is 14.5. The number of benzene rings is 1. The molecule has 116 valence electrons. The van der Waals surface area contributed by atoms with Crippen LogP contribution >= 0.6 is 12.4 Å². The summed E-state index contributed by atoms with van der Waals surface area (Å²) in [6, 6.07) is 5.34. The predicted molar refractivity (Wildman–Crippen MR) is 85.9 cm³/mol. The Hall–Kier alpha value is -0.620. The fourth-order valence-electron chi connectivity index (χ4n) is 1.95. The molecule has 0 saturated carbocycles. The van der Waals surface area contributed by atoms with Gasteiger partial charge in [0.05, 0.1) is 4.90 Å². The van der Waals surface area contributed by atoms with Crippen molar-refractivity contribution in [3.63, 3.8) is 0 Å². The summed E-state index contributed by atoms with van der Waals surface area (Å²) in [5.41, 5.74) is 7.91. The Balaban J connectivity index is 0.00000361. The molecule has 1 rings (SSSR count). The van der Waals surface area contributed by atoms with Gasteiger partial charge in [0.15, 0.2) is 0 Å². The minimum atomic E-state index is -3.42.